The third kappa shape index (κ3) is 3.34. The molecule has 2 aromatic rings. The molecule has 4 nitrogen and oxygen atoms in total. The van der Waals surface area contributed by atoms with Crippen molar-refractivity contribution in [2.75, 3.05) is 13.2 Å². The summed E-state index contributed by atoms with van der Waals surface area (Å²) in [5.74, 6) is 1.67. The molecule has 4 heteroatoms. The Bertz CT molecular complexity index is 611. The van der Waals surface area contributed by atoms with E-state index in [9.17, 15) is 0 Å². The molecule has 21 heavy (non-hydrogen) atoms. The minimum Gasteiger partial charge on any atom is -0.486 e. The van der Waals surface area contributed by atoms with Gasteiger partial charge in [-0.2, -0.15) is 0 Å². The Morgan fingerprint density at radius 2 is 1.95 bits per heavy atom. The number of rotatable bonds is 4. The van der Waals surface area contributed by atoms with Gasteiger partial charge in [0.1, 0.15) is 13.2 Å². The Balaban J connectivity index is 1.65. The minimum atomic E-state index is 0.226. The summed E-state index contributed by atoms with van der Waals surface area (Å²) >= 11 is 0. The van der Waals surface area contributed by atoms with Gasteiger partial charge < -0.3 is 14.8 Å². The summed E-state index contributed by atoms with van der Waals surface area (Å²) in [5.41, 5.74) is 3.41. The fourth-order valence-corrected chi connectivity index (χ4v) is 2.31. The first-order chi connectivity index (χ1) is 10.2. The van der Waals surface area contributed by atoms with Crippen LogP contribution in [0.3, 0.4) is 0 Å². The van der Waals surface area contributed by atoms with Gasteiger partial charge in [0.25, 0.3) is 0 Å². The predicted octanol–water partition coefficient (Wildman–Crippen LogP) is 3.01. The van der Waals surface area contributed by atoms with Crippen LogP contribution < -0.4 is 14.8 Å². The summed E-state index contributed by atoms with van der Waals surface area (Å²) in [7, 11) is 0. The highest BCUT2D eigenvalue weighted by atomic mass is 16.6. The molecule has 0 saturated carbocycles. The number of aromatic nitrogens is 1. The maximum Gasteiger partial charge on any atom is 0.161 e. The lowest BCUT2D eigenvalue weighted by atomic mass is 10.1. The SMILES string of the molecule is Cc1ccc(CNC(C)c2ccc3c(c2)OCCO3)nc1. The first-order valence-corrected chi connectivity index (χ1v) is 7.27. The molecule has 2 heterocycles. The first kappa shape index (κ1) is 13.9. The molecule has 0 fully saturated rings. The molecule has 1 aliphatic rings. The van der Waals surface area contributed by atoms with E-state index in [4.69, 9.17) is 9.47 Å². The van der Waals surface area contributed by atoms with Crippen molar-refractivity contribution < 1.29 is 9.47 Å². The van der Waals surface area contributed by atoms with Crippen LogP contribution in [0.4, 0.5) is 0 Å². The van der Waals surface area contributed by atoms with Crippen molar-refractivity contribution in [2.24, 2.45) is 0 Å². The van der Waals surface area contributed by atoms with Crippen molar-refractivity contribution >= 4 is 0 Å². The molecule has 3 rings (SSSR count). The zero-order valence-electron chi connectivity index (χ0n) is 12.4. The molecule has 0 radical (unpaired) electrons. The highest BCUT2D eigenvalue weighted by Crippen LogP contribution is 2.32. The standard InChI is InChI=1S/C17H20N2O2/c1-12-3-5-15(19-10-12)11-18-13(2)14-4-6-16-17(9-14)21-8-7-20-16/h3-6,9-10,13,18H,7-8,11H2,1-2H3. The molecule has 1 aromatic heterocycles. The second-order valence-corrected chi connectivity index (χ2v) is 5.33. The molecule has 1 N–H and O–H groups in total. The van der Waals surface area contributed by atoms with Gasteiger partial charge in [-0.3, -0.25) is 4.98 Å². The van der Waals surface area contributed by atoms with Crippen LogP contribution in [0.15, 0.2) is 36.5 Å². The van der Waals surface area contributed by atoms with E-state index in [0.717, 1.165) is 23.7 Å². The third-order valence-electron chi connectivity index (χ3n) is 3.63. The van der Waals surface area contributed by atoms with Crippen LogP contribution in [0.5, 0.6) is 11.5 Å². The molecular formula is C17H20N2O2. The second-order valence-electron chi connectivity index (χ2n) is 5.33. The zero-order valence-corrected chi connectivity index (χ0v) is 12.4. The van der Waals surface area contributed by atoms with Crippen LogP contribution in [0, 0.1) is 6.92 Å². The topological polar surface area (TPSA) is 43.4 Å². The average molecular weight is 284 g/mol. The Morgan fingerprint density at radius 1 is 1.14 bits per heavy atom. The number of hydrogen-bond donors (Lipinski definition) is 1. The Hall–Kier alpha value is -2.07. The zero-order chi connectivity index (χ0) is 14.7. The van der Waals surface area contributed by atoms with Crippen LogP contribution >= 0.6 is 0 Å². The van der Waals surface area contributed by atoms with Gasteiger partial charge in [0.05, 0.1) is 5.69 Å². The van der Waals surface area contributed by atoms with Gasteiger partial charge in [0.15, 0.2) is 11.5 Å². The van der Waals surface area contributed by atoms with Crippen molar-refractivity contribution in [3.63, 3.8) is 0 Å². The number of nitrogens with one attached hydrogen (secondary N) is 1. The normalized spacial score (nSPS) is 14.8. The lowest BCUT2D eigenvalue weighted by molar-refractivity contribution is 0.171. The second kappa shape index (κ2) is 6.14. The van der Waals surface area contributed by atoms with Crippen molar-refractivity contribution in [3.05, 3.63) is 53.3 Å². The van der Waals surface area contributed by atoms with E-state index in [-0.39, 0.29) is 6.04 Å². The number of aryl methyl sites for hydroxylation is 1. The predicted molar refractivity (Wildman–Crippen MR) is 81.7 cm³/mol. The lowest BCUT2D eigenvalue weighted by Gasteiger charge is -2.21. The van der Waals surface area contributed by atoms with E-state index in [2.05, 4.69) is 41.5 Å². The number of hydrogen-bond acceptors (Lipinski definition) is 4. The lowest BCUT2D eigenvalue weighted by Crippen LogP contribution is -2.20. The van der Waals surface area contributed by atoms with Gasteiger partial charge in [-0.15, -0.1) is 0 Å². The number of nitrogens with zero attached hydrogens (tertiary/aromatic N) is 1. The maximum absolute atomic E-state index is 5.63. The fraction of sp³-hybridized carbons (Fsp3) is 0.353. The molecule has 1 aromatic carbocycles. The molecule has 0 spiro atoms. The molecule has 0 amide bonds. The van der Waals surface area contributed by atoms with Gasteiger partial charge >= 0.3 is 0 Å². The first-order valence-electron chi connectivity index (χ1n) is 7.27. The fourth-order valence-electron chi connectivity index (χ4n) is 2.31. The molecule has 1 unspecified atom stereocenters. The summed E-state index contributed by atoms with van der Waals surface area (Å²) in [6.45, 7) is 6.17. The number of benzene rings is 1. The van der Waals surface area contributed by atoms with Gasteiger partial charge in [-0.25, -0.2) is 0 Å². The van der Waals surface area contributed by atoms with E-state index < -0.39 is 0 Å². The maximum atomic E-state index is 5.63. The van der Waals surface area contributed by atoms with Crippen LogP contribution in [0.2, 0.25) is 0 Å². The van der Waals surface area contributed by atoms with Crippen LogP contribution in [-0.4, -0.2) is 18.2 Å². The average Bonchev–Trinajstić information content (AvgIpc) is 2.53. The summed E-state index contributed by atoms with van der Waals surface area (Å²) < 4.78 is 11.2. The van der Waals surface area contributed by atoms with Gasteiger partial charge in [-0.05, 0) is 43.2 Å². The van der Waals surface area contributed by atoms with Crippen molar-refractivity contribution in [1.82, 2.24) is 10.3 Å². The van der Waals surface area contributed by atoms with Gasteiger partial charge in [-0.1, -0.05) is 12.1 Å². The number of ether oxygens (including phenoxy) is 2. The van der Waals surface area contributed by atoms with Crippen LogP contribution in [0.25, 0.3) is 0 Å². The Labute approximate surface area is 125 Å². The van der Waals surface area contributed by atoms with Crippen LogP contribution in [-0.2, 0) is 6.54 Å². The highest BCUT2D eigenvalue weighted by molar-refractivity contribution is 5.44. The Kier molecular flexibility index (Phi) is 4.06. The summed E-state index contributed by atoms with van der Waals surface area (Å²) in [6.07, 6.45) is 1.89. The van der Waals surface area contributed by atoms with E-state index in [0.29, 0.717) is 13.2 Å². The van der Waals surface area contributed by atoms with Gasteiger partial charge in [0.2, 0.25) is 0 Å². The van der Waals surface area contributed by atoms with E-state index in [1.165, 1.54) is 11.1 Å². The van der Waals surface area contributed by atoms with Crippen molar-refractivity contribution in [3.8, 4) is 11.5 Å². The quantitative estimate of drug-likeness (QED) is 0.937. The molecule has 1 aliphatic heterocycles. The number of pyridine rings is 1. The van der Waals surface area contributed by atoms with E-state index >= 15 is 0 Å². The van der Waals surface area contributed by atoms with E-state index in [1.54, 1.807) is 0 Å². The largest absolute Gasteiger partial charge is 0.486 e. The van der Waals surface area contributed by atoms with Gasteiger partial charge in [0, 0.05) is 18.8 Å². The molecule has 0 bridgehead atoms. The highest BCUT2D eigenvalue weighted by Gasteiger charge is 2.14. The molecule has 110 valence electrons. The Morgan fingerprint density at radius 3 is 2.71 bits per heavy atom. The summed E-state index contributed by atoms with van der Waals surface area (Å²) in [6, 6.07) is 10.5. The van der Waals surface area contributed by atoms with E-state index in [1.807, 2.05) is 19.2 Å². The summed E-state index contributed by atoms with van der Waals surface area (Å²) in [5, 5.41) is 3.48. The molecule has 0 aliphatic carbocycles. The monoisotopic (exact) mass is 284 g/mol. The van der Waals surface area contributed by atoms with Crippen molar-refractivity contribution in [2.45, 2.75) is 26.4 Å². The number of fused-ring (bicyclic) bond motifs is 1. The minimum absolute atomic E-state index is 0.226. The van der Waals surface area contributed by atoms with Crippen molar-refractivity contribution in [1.29, 1.82) is 0 Å². The van der Waals surface area contributed by atoms with Crippen LogP contribution in [0.1, 0.15) is 29.8 Å². The molecule has 0 saturated heterocycles. The smallest absolute Gasteiger partial charge is 0.161 e. The molecular weight excluding hydrogens is 264 g/mol. The molecule has 1 atom stereocenters. The summed E-state index contributed by atoms with van der Waals surface area (Å²) in [4.78, 5) is 4.41. The third-order valence-corrected chi connectivity index (χ3v) is 3.63.